The van der Waals surface area contributed by atoms with Crippen molar-refractivity contribution in [2.24, 2.45) is 0 Å². The summed E-state index contributed by atoms with van der Waals surface area (Å²) in [5.41, 5.74) is 3.28. The van der Waals surface area contributed by atoms with Crippen LogP contribution in [0.1, 0.15) is 23.5 Å². The highest BCUT2D eigenvalue weighted by Gasteiger charge is 2.31. The molecule has 1 aliphatic rings. The Kier molecular flexibility index (Phi) is 7.67. The van der Waals surface area contributed by atoms with Gasteiger partial charge in [-0.1, -0.05) is 42.3 Å². The number of nitrogens with zero attached hydrogens (tertiary/aromatic N) is 4. The highest BCUT2D eigenvalue weighted by Crippen LogP contribution is 2.31. The number of likely N-dealkylation sites (tertiary alicyclic amines) is 1. The van der Waals surface area contributed by atoms with E-state index >= 15 is 0 Å². The standard InChI is InChI=1S/C30H28N4O4/c1-2-15-37-28-13-11-26(12-14-28)33-21-25(18-31-33)24-16-30(38-29-10-6-9-27(17-29)34(35)36)22-32(20-24)19-23-7-4-3-5-8-23/h1,3-14,17-18,21,24,30H,15-16,19-20,22H2. The lowest BCUT2D eigenvalue weighted by atomic mass is 9.90. The van der Waals surface area contributed by atoms with Gasteiger partial charge in [0.25, 0.3) is 5.69 Å². The van der Waals surface area contributed by atoms with Gasteiger partial charge in [0.15, 0.2) is 0 Å². The molecular weight excluding hydrogens is 480 g/mol. The first-order chi connectivity index (χ1) is 18.6. The van der Waals surface area contributed by atoms with Crippen molar-refractivity contribution < 1.29 is 14.4 Å². The van der Waals surface area contributed by atoms with Crippen LogP contribution in [0.5, 0.6) is 11.5 Å². The lowest BCUT2D eigenvalue weighted by Crippen LogP contribution is -2.44. The van der Waals surface area contributed by atoms with E-state index in [1.54, 1.807) is 12.1 Å². The van der Waals surface area contributed by atoms with Gasteiger partial charge in [0.05, 0.1) is 22.9 Å². The summed E-state index contributed by atoms with van der Waals surface area (Å²) >= 11 is 0. The first-order valence-corrected chi connectivity index (χ1v) is 12.5. The van der Waals surface area contributed by atoms with Gasteiger partial charge in [0.1, 0.15) is 24.2 Å². The number of aromatic nitrogens is 2. The van der Waals surface area contributed by atoms with Gasteiger partial charge in [-0.15, -0.1) is 6.42 Å². The molecule has 4 aromatic rings. The molecule has 0 amide bonds. The minimum Gasteiger partial charge on any atom is -0.489 e. The predicted octanol–water partition coefficient (Wildman–Crippen LogP) is 5.23. The van der Waals surface area contributed by atoms with Gasteiger partial charge in [-0.25, -0.2) is 4.68 Å². The zero-order valence-corrected chi connectivity index (χ0v) is 20.8. The minimum atomic E-state index is -0.402. The Bertz CT molecular complexity index is 1410. The monoisotopic (exact) mass is 508 g/mol. The van der Waals surface area contributed by atoms with Gasteiger partial charge in [-0.3, -0.25) is 15.0 Å². The Balaban J connectivity index is 1.35. The third-order valence-electron chi connectivity index (χ3n) is 6.57. The van der Waals surface area contributed by atoms with Crippen molar-refractivity contribution in [3.05, 3.63) is 112 Å². The van der Waals surface area contributed by atoms with E-state index in [-0.39, 0.29) is 24.3 Å². The molecular formula is C30H28N4O4. The van der Waals surface area contributed by atoms with Crippen molar-refractivity contribution in [3.8, 4) is 29.5 Å². The first kappa shape index (κ1) is 25.1. The molecule has 0 radical (unpaired) electrons. The highest BCUT2D eigenvalue weighted by molar-refractivity contribution is 5.39. The predicted molar refractivity (Wildman–Crippen MR) is 144 cm³/mol. The van der Waals surface area contributed by atoms with Gasteiger partial charge < -0.3 is 9.47 Å². The van der Waals surface area contributed by atoms with Crippen LogP contribution in [0.2, 0.25) is 0 Å². The molecule has 1 fully saturated rings. The molecule has 2 unspecified atom stereocenters. The molecule has 0 N–H and O–H groups in total. The smallest absolute Gasteiger partial charge is 0.273 e. The largest absolute Gasteiger partial charge is 0.489 e. The number of hydrogen-bond donors (Lipinski definition) is 0. The van der Waals surface area contributed by atoms with Crippen molar-refractivity contribution in [1.29, 1.82) is 0 Å². The number of rotatable bonds is 9. The fourth-order valence-electron chi connectivity index (χ4n) is 4.81. The summed E-state index contributed by atoms with van der Waals surface area (Å²) in [6.45, 7) is 2.60. The molecule has 0 saturated carbocycles. The van der Waals surface area contributed by atoms with Gasteiger partial charge >= 0.3 is 0 Å². The molecule has 0 spiro atoms. The molecule has 1 saturated heterocycles. The van der Waals surface area contributed by atoms with Crippen molar-refractivity contribution in [2.75, 3.05) is 19.7 Å². The molecule has 38 heavy (non-hydrogen) atoms. The molecule has 1 aromatic heterocycles. The molecule has 8 heteroatoms. The fourth-order valence-corrected chi connectivity index (χ4v) is 4.81. The van der Waals surface area contributed by atoms with Crippen LogP contribution in [0.4, 0.5) is 5.69 Å². The quantitative estimate of drug-likeness (QED) is 0.175. The summed E-state index contributed by atoms with van der Waals surface area (Å²) in [6, 6.07) is 24.4. The second kappa shape index (κ2) is 11.6. The summed E-state index contributed by atoms with van der Waals surface area (Å²) in [4.78, 5) is 13.2. The normalized spacial score (nSPS) is 17.4. The van der Waals surface area contributed by atoms with Crippen LogP contribution in [0.3, 0.4) is 0 Å². The summed E-state index contributed by atoms with van der Waals surface area (Å²) in [6.07, 6.45) is 9.87. The minimum absolute atomic E-state index is 0.0213. The second-order valence-corrected chi connectivity index (χ2v) is 9.31. The summed E-state index contributed by atoms with van der Waals surface area (Å²) in [5, 5.41) is 15.9. The summed E-state index contributed by atoms with van der Waals surface area (Å²) in [5.74, 6) is 3.87. The van der Waals surface area contributed by atoms with Crippen LogP contribution in [-0.2, 0) is 6.54 Å². The zero-order chi connectivity index (χ0) is 26.3. The van der Waals surface area contributed by atoms with Gasteiger partial charge in [-0.05, 0) is 47.9 Å². The molecule has 3 aromatic carbocycles. The Morgan fingerprint density at radius 2 is 1.84 bits per heavy atom. The summed E-state index contributed by atoms with van der Waals surface area (Å²) < 4.78 is 13.6. The SMILES string of the molecule is C#CCOc1ccc(-n2cc(C3CC(Oc4cccc([N+](=O)[O-])c4)CN(Cc4ccccc4)C3)cn2)cc1. The van der Waals surface area contributed by atoms with E-state index in [1.165, 1.54) is 17.7 Å². The number of benzene rings is 3. The number of terminal acetylenes is 1. The van der Waals surface area contributed by atoms with Crippen LogP contribution >= 0.6 is 0 Å². The summed E-state index contributed by atoms with van der Waals surface area (Å²) in [7, 11) is 0. The third kappa shape index (κ3) is 6.20. The van der Waals surface area contributed by atoms with Crippen LogP contribution in [-0.4, -0.2) is 45.4 Å². The van der Waals surface area contributed by atoms with Crippen molar-refractivity contribution in [1.82, 2.24) is 14.7 Å². The van der Waals surface area contributed by atoms with E-state index in [9.17, 15) is 10.1 Å². The van der Waals surface area contributed by atoms with Crippen molar-refractivity contribution in [3.63, 3.8) is 0 Å². The highest BCUT2D eigenvalue weighted by atomic mass is 16.6. The lowest BCUT2D eigenvalue weighted by Gasteiger charge is -2.37. The second-order valence-electron chi connectivity index (χ2n) is 9.31. The number of nitro groups is 1. The fraction of sp³-hybridized carbons (Fsp3) is 0.233. The maximum absolute atomic E-state index is 11.2. The molecule has 2 atom stereocenters. The number of ether oxygens (including phenoxy) is 2. The number of piperidine rings is 1. The lowest BCUT2D eigenvalue weighted by molar-refractivity contribution is -0.385. The van der Waals surface area contributed by atoms with Crippen LogP contribution in [0, 0.1) is 22.5 Å². The maximum Gasteiger partial charge on any atom is 0.273 e. The van der Waals surface area contributed by atoms with Crippen molar-refractivity contribution in [2.45, 2.75) is 25.0 Å². The van der Waals surface area contributed by atoms with Crippen LogP contribution in [0.25, 0.3) is 5.69 Å². The molecule has 0 aliphatic carbocycles. The molecule has 192 valence electrons. The zero-order valence-electron chi connectivity index (χ0n) is 20.8. The number of hydrogen-bond acceptors (Lipinski definition) is 6. The van der Waals surface area contributed by atoms with Crippen LogP contribution < -0.4 is 9.47 Å². The molecule has 0 bridgehead atoms. The molecule has 1 aliphatic heterocycles. The van der Waals surface area contributed by atoms with E-state index in [0.29, 0.717) is 11.5 Å². The van der Waals surface area contributed by atoms with E-state index in [4.69, 9.17) is 15.9 Å². The average Bonchev–Trinajstić information content (AvgIpc) is 3.43. The molecule has 2 heterocycles. The Hall–Kier alpha value is -4.61. The van der Waals surface area contributed by atoms with E-state index in [1.807, 2.05) is 53.3 Å². The Morgan fingerprint density at radius 1 is 1.03 bits per heavy atom. The molecule has 8 nitrogen and oxygen atoms in total. The van der Waals surface area contributed by atoms with Crippen molar-refractivity contribution >= 4 is 5.69 Å². The third-order valence-corrected chi connectivity index (χ3v) is 6.57. The Morgan fingerprint density at radius 3 is 2.61 bits per heavy atom. The molecule has 5 rings (SSSR count). The van der Waals surface area contributed by atoms with Gasteiger partial charge in [-0.2, -0.15) is 5.10 Å². The van der Waals surface area contributed by atoms with Gasteiger partial charge in [0.2, 0.25) is 0 Å². The van der Waals surface area contributed by atoms with Gasteiger partial charge in [0, 0.05) is 37.8 Å². The number of non-ortho nitro benzene ring substituents is 1. The van der Waals surface area contributed by atoms with E-state index < -0.39 is 4.92 Å². The maximum atomic E-state index is 11.2. The topological polar surface area (TPSA) is 82.7 Å². The average molecular weight is 509 g/mol. The van der Waals surface area contributed by atoms with Crippen LogP contribution in [0.15, 0.2) is 91.3 Å². The van der Waals surface area contributed by atoms with E-state index in [0.717, 1.165) is 37.3 Å². The first-order valence-electron chi connectivity index (χ1n) is 12.5. The number of nitro benzene ring substituents is 1. The Labute approximate surface area is 221 Å². The van der Waals surface area contributed by atoms with E-state index in [2.05, 4.69) is 34.2 Å².